The van der Waals surface area contributed by atoms with Crippen LogP contribution in [-0.4, -0.2) is 29.2 Å². The Morgan fingerprint density at radius 3 is 2.58 bits per heavy atom. The molecular formula is C17H17ClN2O6. The number of nitrogens with two attached hydrogens (primary N) is 1. The number of nitrogens with zero attached hydrogens (tertiary/aromatic N) is 1. The van der Waals surface area contributed by atoms with Crippen LogP contribution in [0.3, 0.4) is 0 Å². The van der Waals surface area contributed by atoms with Gasteiger partial charge in [-0.2, -0.15) is 0 Å². The zero-order chi connectivity index (χ0) is 19.3. The molecule has 2 aromatic rings. The molecule has 9 heteroatoms. The summed E-state index contributed by atoms with van der Waals surface area (Å²) < 4.78 is 10.9. The molecule has 0 saturated heterocycles. The number of hydrogen-bond acceptors (Lipinski definition) is 6. The molecule has 0 fully saturated rings. The van der Waals surface area contributed by atoms with Crippen molar-refractivity contribution < 1.29 is 24.3 Å². The van der Waals surface area contributed by atoms with Crippen LogP contribution < -0.4 is 15.2 Å². The van der Waals surface area contributed by atoms with E-state index >= 15 is 0 Å². The molecule has 0 radical (unpaired) electrons. The van der Waals surface area contributed by atoms with Gasteiger partial charge in [0.25, 0.3) is 5.69 Å². The Kier molecular flexibility index (Phi) is 6.37. The van der Waals surface area contributed by atoms with E-state index in [-0.39, 0.29) is 29.5 Å². The summed E-state index contributed by atoms with van der Waals surface area (Å²) in [6, 6.07) is 8.06. The molecular weight excluding hydrogens is 364 g/mol. The van der Waals surface area contributed by atoms with Crippen molar-refractivity contribution in [3.63, 3.8) is 0 Å². The highest BCUT2D eigenvalue weighted by atomic mass is 35.5. The van der Waals surface area contributed by atoms with Gasteiger partial charge in [0.05, 0.1) is 17.1 Å². The first kappa shape index (κ1) is 19.5. The van der Waals surface area contributed by atoms with E-state index in [2.05, 4.69) is 0 Å². The van der Waals surface area contributed by atoms with Crippen LogP contribution in [0.2, 0.25) is 5.02 Å². The van der Waals surface area contributed by atoms with Crippen molar-refractivity contribution in [3.05, 3.63) is 62.7 Å². The van der Waals surface area contributed by atoms with Gasteiger partial charge >= 0.3 is 5.97 Å². The largest absolute Gasteiger partial charge is 0.496 e. The molecule has 2 aromatic carbocycles. The van der Waals surface area contributed by atoms with Gasteiger partial charge in [-0.25, -0.2) is 0 Å². The number of nitro groups is 1. The van der Waals surface area contributed by atoms with Gasteiger partial charge < -0.3 is 20.3 Å². The number of hydrogen-bond donors (Lipinski definition) is 2. The second kappa shape index (κ2) is 8.50. The molecule has 1 atom stereocenters. The lowest BCUT2D eigenvalue weighted by atomic mass is 10.0. The Morgan fingerprint density at radius 2 is 2.00 bits per heavy atom. The third-order valence-electron chi connectivity index (χ3n) is 3.63. The number of methoxy groups -OCH3 is 1. The van der Waals surface area contributed by atoms with E-state index in [1.807, 2.05) is 0 Å². The molecule has 26 heavy (non-hydrogen) atoms. The lowest BCUT2D eigenvalue weighted by Gasteiger charge is -2.14. The molecule has 3 N–H and O–H groups in total. The number of aliphatic carboxylic acids is 1. The summed E-state index contributed by atoms with van der Waals surface area (Å²) in [5.74, 6) is -0.251. The molecule has 8 nitrogen and oxygen atoms in total. The third-order valence-corrected chi connectivity index (χ3v) is 3.92. The van der Waals surface area contributed by atoms with Crippen LogP contribution in [0.25, 0.3) is 0 Å². The summed E-state index contributed by atoms with van der Waals surface area (Å²) in [4.78, 5) is 21.1. The van der Waals surface area contributed by atoms with E-state index in [0.29, 0.717) is 16.9 Å². The predicted octanol–water partition coefficient (Wildman–Crippen LogP) is 2.79. The first-order valence-corrected chi connectivity index (χ1v) is 7.90. The van der Waals surface area contributed by atoms with Crippen LogP contribution in [0.1, 0.15) is 11.1 Å². The number of carbonyl (C=O) groups is 1. The standard InChI is InChI=1S/C17H17ClN2O6/c1-25-15-4-2-10(7-14(19)17(21)22)6-11(15)9-26-16-5-3-12(20(23)24)8-13(16)18/h2-6,8,14H,7,9,19H2,1H3,(H,21,22). The predicted molar refractivity (Wildman–Crippen MR) is 94.7 cm³/mol. The van der Waals surface area contributed by atoms with Gasteiger partial charge in [0, 0.05) is 17.7 Å². The van der Waals surface area contributed by atoms with Crippen LogP contribution in [-0.2, 0) is 17.8 Å². The van der Waals surface area contributed by atoms with Crippen LogP contribution >= 0.6 is 11.6 Å². The number of ether oxygens (including phenoxy) is 2. The molecule has 0 heterocycles. The molecule has 2 rings (SSSR count). The van der Waals surface area contributed by atoms with E-state index < -0.39 is 16.9 Å². The van der Waals surface area contributed by atoms with Crippen molar-refractivity contribution in [1.29, 1.82) is 0 Å². The maximum atomic E-state index is 10.9. The fourth-order valence-corrected chi connectivity index (χ4v) is 2.52. The smallest absolute Gasteiger partial charge is 0.320 e. The molecule has 0 bridgehead atoms. The number of benzene rings is 2. The first-order chi connectivity index (χ1) is 12.3. The van der Waals surface area contributed by atoms with Crippen LogP contribution in [0, 0.1) is 10.1 Å². The molecule has 0 saturated carbocycles. The number of carboxylic acid groups (broad SMARTS) is 1. The highest BCUT2D eigenvalue weighted by molar-refractivity contribution is 6.32. The van der Waals surface area contributed by atoms with E-state index in [9.17, 15) is 14.9 Å². The minimum Gasteiger partial charge on any atom is -0.496 e. The summed E-state index contributed by atoms with van der Waals surface area (Å²) in [7, 11) is 1.50. The highest BCUT2D eigenvalue weighted by Gasteiger charge is 2.15. The van der Waals surface area contributed by atoms with E-state index in [1.165, 1.54) is 25.3 Å². The van der Waals surface area contributed by atoms with Crippen molar-refractivity contribution in [3.8, 4) is 11.5 Å². The van der Waals surface area contributed by atoms with Crippen molar-refractivity contribution >= 4 is 23.3 Å². The quantitative estimate of drug-likeness (QED) is 0.532. The van der Waals surface area contributed by atoms with Gasteiger partial charge in [0.1, 0.15) is 24.1 Å². The summed E-state index contributed by atoms with van der Waals surface area (Å²) in [5, 5.41) is 19.8. The minimum atomic E-state index is -1.09. The summed E-state index contributed by atoms with van der Waals surface area (Å²) in [5.41, 5.74) is 6.80. The molecule has 1 unspecified atom stereocenters. The zero-order valence-corrected chi connectivity index (χ0v) is 14.6. The SMILES string of the molecule is COc1ccc(CC(N)C(=O)O)cc1COc1ccc([N+](=O)[O-])cc1Cl. The summed E-state index contributed by atoms with van der Waals surface area (Å²) in [6.45, 7) is 0.0802. The Hall–Kier alpha value is -2.84. The van der Waals surface area contributed by atoms with Gasteiger partial charge in [-0.1, -0.05) is 17.7 Å². The summed E-state index contributed by atoms with van der Waals surface area (Å²) >= 11 is 6.01. The van der Waals surface area contributed by atoms with Crippen LogP contribution in [0.15, 0.2) is 36.4 Å². The highest BCUT2D eigenvalue weighted by Crippen LogP contribution is 2.30. The van der Waals surface area contributed by atoms with Gasteiger partial charge in [0.2, 0.25) is 0 Å². The minimum absolute atomic E-state index is 0.0802. The molecule has 0 aliphatic heterocycles. The monoisotopic (exact) mass is 380 g/mol. The van der Waals surface area contributed by atoms with Crippen molar-refractivity contribution in [1.82, 2.24) is 0 Å². The number of carboxylic acids is 1. The molecule has 0 amide bonds. The Morgan fingerprint density at radius 1 is 1.31 bits per heavy atom. The average Bonchev–Trinajstić information content (AvgIpc) is 2.60. The number of non-ortho nitro benzene ring substituents is 1. The Balaban J connectivity index is 2.17. The molecule has 138 valence electrons. The zero-order valence-electron chi connectivity index (χ0n) is 13.8. The first-order valence-electron chi connectivity index (χ1n) is 7.52. The van der Waals surface area contributed by atoms with Gasteiger partial charge in [-0.15, -0.1) is 0 Å². The van der Waals surface area contributed by atoms with Crippen LogP contribution in [0.4, 0.5) is 5.69 Å². The second-order valence-electron chi connectivity index (χ2n) is 5.46. The Labute approximate surface area is 154 Å². The van der Waals surface area contributed by atoms with E-state index in [4.69, 9.17) is 31.9 Å². The topological polar surface area (TPSA) is 125 Å². The average molecular weight is 381 g/mol. The number of rotatable bonds is 8. The number of halogens is 1. The van der Waals surface area contributed by atoms with Crippen molar-refractivity contribution in [2.75, 3.05) is 7.11 Å². The van der Waals surface area contributed by atoms with E-state index in [1.54, 1.807) is 18.2 Å². The fourth-order valence-electron chi connectivity index (χ4n) is 2.29. The molecule has 0 aliphatic rings. The second-order valence-corrected chi connectivity index (χ2v) is 5.86. The third kappa shape index (κ3) is 4.84. The van der Waals surface area contributed by atoms with Crippen molar-refractivity contribution in [2.45, 2.75) is 19.1 Å². The number of nitro benzene ring substituents is 1. The fraction of sp³-hybridized carbons (Fsp3) is 0.235. The molecule has 0 aromatic heterocycles. The van der Waals surface area contributed by atoms with Gasteiger partial charge in [-0.3, -0.25) is 14.9 Å². The maximum absolute atomic E-state index is 10.9. The normalized spacial score (nSPS) is 11.7. The van der Waals surface area contributed by atoms with Crippen molar-refractivity contribution in [2.24, 2.45) is 5.73 Å². The molecule has 0 aliphatic carbocycles. The van der Waals surface area contributed by atoms with Gasteiger partial charge in [-0.05, 0) is 30.2 Å². The van der Waals surface area contributed by atoms with Crippen LogP contribution in [0.5, 0.6) is 11.5 Å². The molecule has 0 spiro atoms. The summed E-state index contributed by atoms with van der Waals surface area (Å²) in [6.07, 6.45) is 0.157. The van der Waals surface area contributed by atoms with E-state index in [0.717, 1.165) is 0 Å². The maximum Gasteiger partial charge on any atom is 0.320 e. The Bertz CT molecular complexity index is 827. The lowest BCUT2D eigenvalue weighted by molar-refractivity contribution is -0.384. The lowest BCUT2D eigenvalue weighted by Crippen LogP contribution is -2.32. The van der Waals surface area contributed by atoms with Gasteiger partial charge in [0.15, 0.2) is 0 Å².